The topological polar surface area (TPSA) is 32.3 Å². The minimum Gasteiger partial charge on any atom is -0.378 e. The summed E-state index contributed by atoms with van der Waals surface area (Å²) in [7, 11) is 3.97. The van der Waals surface area contributed by atoms with Gasteiger partial charge in [0.2, 0.25) is 5.91 Å². The van der Waals surface area contributed by atoms with Gasteiger partial charge in [-0.25, -0.2) is 0 Å². The van der Waals surface area contributed by atoms with Gasteiger partial charge in [0.15, 0.2) is 0 Å². The van der Waals surface area contributed by atoms with Crippen LogP contribution in [0.2, 0.25) is 0 Å². The van der Waals surface area contributed by atoms with Gasteiger partial charge in [-0.2, -0.15) is 0 Å². The van der Waals surface area contributed by atoms with Gasteiger partial charge in [-0.05, 0) is 35.9 Å². The van der Waals surface area contributed by atoms with Crippen molar-refractivity contribution >= 4 is 33.2 Å². The standard InChI is InChI=1S/C16H17BrN2O/c1-19(2)14-9-7-13(8-10-14)18-16(20)11-12-5-3-4-6-15(12)17/h3-10H,11H2,1-2H3,(H,18,20). The van der Waals surface area contributed by atoms with Crippen molar-refractivity contribution in [1.29, 1.82) is 0 Å². The Bertz CT molecular complexity index is 594. The molecule has 0 saturated carbocycles. The summed E-state index contributed by atoms with van der Waals surface area (Å²) in [5, 5.41) is 2.91. The van der Waals surface area contributed by atoms with Gasteiger partial charge in [-0.15, -0.1) is 0 Å². The molecule has 0 atom stereocenters. The molecule has 0 fully saturated rings. The smallest absolute Gasteiger partial charge is 0.228 e. The van der Waals surface area contributed by atoms with Crippen molar-refractivity contribution in [1.82, 2.24) is 0 Å². The Balaban J connectivity index is 1.99. The quantitative estimate of drug-likeness (QED) is 0.925. The molecule has 0 bridgehead atoms. The molecule has 2 rings (SSSR count). The van der Waals surface area contributed by atoms with Crippen LogP contribution in [0.25, 0.3) is 0 Å². The molecule has 0 aliphatic carbocycles. The first-order chi connectivity index (χ1) is 9.56. The second-order valence-electron chi connectivity index (χ2n) is 4.76. The average Bonchev–Trinajstić information content (AvgIpc) is 2.42. The van der Waals surface area contributed by atoms with E-state index >= 15 is 0 Å². The van der Waals surface area contributed by atoms with E-state index < -0.39 is 0 Å². The lowest BCUT2D eigenvalue weighted by molar-refractivity contribution is -0.115. The number of amides is 1. The van der Waals surface area contributed by atoms with Gasteiger partial charge in [-0.1, -0.05) is 34.1 Å². The van der Waals surface area contributed by atoms with Crippen LogP contribution in [0, 0.1) is 0 Å². The Morgan fingerprint density at radius 2 is 1.75 bits per heavy atom. The predicted molar refractivity (Wildman–Crippen MR) is 87.2 cm³/mol. The van der Waals surface area contributed by atoms with Crippen LogP contribution in [0.3, 0.4) is 0 Å². The van der Waals surface area contributed by atoms with Crippen LogP contribution >= 0.6 is 15.9 Å². The lowest BCUT2D eigenvalue weighted by Gasteiger charge is -2.13. The van der Waals surface area contributed by atoms with E-state index in [4.69, 9.17) is 0 Å². The fraction of sp³-hybridized carbons (Fsp3) is 0.188. The van der Waals surface area contributed by atoms with Crippen molar-refractivity contribution in [3.05, 3.63) is 58.6 Å². The molecule has 0 aromatic heterocycles. The van der Waals surface area contributed by atoms with E-state index in [2.05, 4.69) is 21.2 Å². The third-order valence-corrected chi connectivity index (χ3v) is 3.75. The molecule has 0 saturated heterocycles. The zero-order valence-corrected chi connectivity index (χ0v) is 13.1. The molecule has 3 nitrogen and oxygen atoms in total. The summed E-state index contributed by atoms with van der Waals surface area (Å²) >= 11 is 3.45. The maximum absolute atomic E-state index is 12.0. The normalized spacial score (nSPS) is 10.2. The Morgan fingerprint density at radius 3 is 2.35 bits per heavy atom. The number of hydrogen-bond acceptors (Lipinski definition) is 2. The molecular weight excluding hydrogens is 316 g/mol. The summed E-state index contributed by atoms with van der Waals surface area (Å²) < 4.78 is 0.957. The van der Waals surface area contributed by atoms with Crippen molar-refractivity contribution in [3.8, 4) is 0 Å². The first-order valence-corrected chi connectivity index (χ1v) is 7.16. The fourth-order valence-corrected chi connectivity index (χ4v) is 2.29. The van der Waals surface area contributed by atoms with Gasteiger partial charge < -0.3 is 10.2 Å². The lowest BCUT2D eigenvalue weighted by Crippen LogP contribution is -2.15. The molecule has 0 aliphatic heterocycles. The molecule has 1 amide bonds. The molecule has 2 aromatic carbocycles. The van der Waals surface area contributed by atoms with E-state index in [1.54, 1.807) is 0 Å². The van der Waals surface area contributed by atoms with Crippen LogP contribution in [0.4, 0.5) is 11.4 Å². The summed E-state index contributed by atoms with van der Waals surface area (Å²) in [5.74, 6) is -0.0190. The highest BCUT2D eigenvalue weighted by Crippen LogP contribution is 2.18. The van der Waals surface area contributed by atoms with Gasteiger partial charge in [0, 0.05) is 29.9 Å². The fourth-order valence-electron chi connectivity index (χ4n) is 1.86. The molecule has 0 heterocycles. The van der Waals surface area contributed by atoms with Gasteiger partial charge >= 0.3 is 0 Å². The third kappa shape index (κ3) is 3.84. The number of carbonyl (C=O) groups excluding carboxylic acids is 1. The summed E-state index contributed by atoms with van der Waals surface area (Å²) in [6, 6.07) is 15.5. The van der Waals surface area contributed by atoms with Crippen molar-refractivity contribution in [3.63, 3.8) is 0 Å². The summed E-state index contributed by atoms with van der Waals surface area (Å²) in [6.45, 7) is 0. The number of hydrogen-bond donors (Lipinski definition) is 1. The summed E-state index contributed by atoms with van der Waals surface area (Å²) in [4.78, 5) is 14.0. The number of benzene rings is 2. The minimum atomic E-state index is -0.0190. The maximum Gasteiger partial charge on any atom is 0.228 e. The van der Waals surface area contributed by atoms with Gasteiger partial charge in [-0.3, -0.25) is 4.79 Å². The van der Waals surface area contributed by atoms with Crippen molar-refractivity contribution in [2.75, 3.05) is 24.3 Å². The van der Waals surface area contributed by atoms with Crippen molar-refractivity contribution in [2.45, 2.75) is 6.42 Å². The van der Waals surface area contributed by atoms with E-state index in [0.717, 1.165) is 21.4 Å². The third-order valence-electron chi connectivity index (χ3n) is 2.98. The minimum absolute atomic E-state index is 0.0190. The molecule has 4 heteroatoms. The van der Waals surface area contributed by atoms with E-state index in [9.17, 15) is 4.79 Å². The van der Waals surface area contributed by atoms with E-state index in [1.165, 1.54) is 0 Å². The Kier molecular flexibility index (Phi) is 4.79. The summed E-state index contributed by atoms with van der Waals surface area (Å²) in [6.07, 6.45) is 0.358. The predicted octanol–water partition coefficient (Wildman–Crippen LogP) is 3.70. The Labute approximate surface area is 127 Å². The lowest BCUT2D eigenvalue weighted by atomic mass is 10.1. The number of halogens is 1. The number of rotatable bonds is 4. The van der Waals surface area contributed by atoms with Crippen LogP contribution in [0.1, 0.15) is 5.56 Å². The summed E-state index contributed by atoms with van der Waals surface area (Å²) in [5.41, 5.74) is 2.90. The molecule has 20 heavy (non-hydrogen) atoms. The number of anilines is 2. The van der Waals surface area contributed by atoms with Crippen molar-refractivity contribution < 1.29 is 4.79 Å². The van der Waals surface area contributed by atoms with E-state index in [-0.39, 0.29) is 5.91 Å². The molecule has 104 valence electrons. The van der Waals surface area contributed by atoms with Crippen LogP contribution < -0.4 is 10.2 Å². The van der Waals surface area contributed by atoms with Crippen LogP contribution in [0.5, 0.6) is 0 Å². The van der Waals surface area contributed by atoms with Crippen molar-refractivity contribution in [2.24, 2.45) is 0 Å². The van der Waals surface area contributed by atoms with Gasteiger partial charge in [0.25, 0.3) is 0 Å². The van der Waals surface area contributed by atoms with Gasteiger partial charge in [0.05, 0.1) is 6.42 Å². The molecule has 2 aromatic rings. The maximum atomic E-state index is 12.0. The molecular formula is C16H17BrN2O. The van der Waals surface area contributed by atoms with Crippen LogP contribution in [-0.4, -0.2) is 20.0 Å². The second-order valence-corrected chi connectivity index (χ2v) is 5.61. The Hall–Kier alpha value is -1.81. The highest BCUT2D eigenvalue weighted by Gasteiger charge is 2.06. The van der Waals surface area contributed by atoms with Crippen LogP contribution in [-0.2, 0) is 11.2 Å². The van der Waals surface area contributed by atoms with Gasteiger partial charge in [0.1, 0.15) is 0 Å². The second kappa shape index (κ2) is 6.57. The number of nitrogens with one attached hydrogen (secondary N) is 1. The largest absolute Gasteiger partial charge is 0.378 e. The number of carbonyl (C=O) groups is 1. The molecule has 0 spiro atoms. The SMILES string of the molecule is CN(C)c1ccc(NC(=O)Cc2ccccc2Br)cc1. The van der Waals surface area contributed by atoms with E-state index in [1.807, 2.05) is 67.5 Å². The molecule has 0 aliphatic rings. The zero-order valence-electron chi connectivity index (χ0n) is 11.6. The first-order valence-electron chi connectivity index (χ1n) is 6.37. The highest BCUT2D eigenvalue weighted by molar-refractivity contribution is 9.10. The zero-order chi connectivity index (χ0) is 14.5. The van der Waals surface area contributed by atoms with Crippen LogP contribution in [0.15, 0.2) is 53.0 Å². The number of nitrogens with zero attached hydrogens (tertiary/aromatic N) is 1. The highest BCUT2D eigenvalue weighted by atomic mass is 79.9. The molecule has 0 radical (unpaired) electrons. The molecule has 1 N–H and O–H groups in total. The monoisotopic (exact) mass is 332 g/mol. The average molecular weight is 333 g/mol. The van der Waals surface area contributed by atoms with E-state index in [0.29, 0.717) is 6.42 Å². The molecule has 0 unspecified atom stereocenters. The first kappa shape index (κ1) is 14.6. The Morgan fingerprint density at radius 1 is 1.10 bits per heavy atom.